The van der Waals surface area contributed by atoms with E-state index < -0.39 is 0 Å². The summed E-state index contributed by atoms with van der Waals surface area (Å²) in [6.07, 6.45) is 6.99. The molecule has 1 saturated carbocycles. The average molecular weight is 279 g/mol. The standard InChI is InChI=1S/C13H21N5O2/c1-17(13(20)12-14-9-15-16-12)8-11(19)18(2)10-6-4-3-5-7-10/h9-10H,3-8H2,1-2H3,(H,14,15,16). The van der Waals surface area contributed by atoms with Crippen molar-refractivity contribution in [1.82, 2.24) is 25.0 Å². The highest BCUT2D eigenvalue weighted by Crippen LogP contribution is 2.21. The van der Waals surface area contributed by atoms with Crippen molar-refractivity contribution in [2.45, 2.75) is 38.1 Å². The number of aromatic nitrogens is 3. The summed E-state index contributed by atoms with van der Waals surface area (Å²) in [5, 5.41) is 6.14. The lowest BCUT2D eigenvalue weighted by Crippen LogP contribution is -2.44. The van der Waals surface area contributed by atoms with Crippen LogP contribution in [0.1, 0.15) is 42.7 Å². The van der Waals surface area contributed by atoms with Gasteiger partial charge < -0.3 is 9.80 Å². The highest BCUT2D eigenvalue weighted by atomic mass is 16.2. The number of hydrogen-bond donors (Lipinski definition) is 1. The van der Waals surface area contributed by atoms with E-state index in [1.54, 1.807) is 11.9 Å². The summed E-state index contributed by atoms with van der Waals surface area (Å²) in [5.41, 5.74) is 0. The molecule has 0 radical (unpaired) electrons. The van der Waals surface area contributed by atoms with E-state index in [0.29, 0.717) is 6.04 Å². The van der Waals surface area contributed by atoms with E-state index >= 15 is 0 Å². The van der Waals surface area contributed by atoms with E-state index in [9.17, 15) is 9.59 Å². The van der Waals surface area contributed by atoms with E-state index in [4.69, 9.17) is 0 Å². The van der Waals surface area contributed by atoms with Crippen LogP contribution in [-0.4, -0.2) is 63.5 Å². The molecule has 0 unspecified atom stereocenters. The Morgan fingerprint density at radius 1 is 1.30 bits per heavy atom. The molecule has 20 heavy (non-hydrogen) atoms. The van der Waals surface area contributed by atoms with Gasteiger partial charge in [-0.15, -0.1) is 0 Å². The van der Waals surface area contributed by atoms with E-state index in [2.05, 4.69) is 15.2 Å². The lowest BCUT2D eigenvalue weighted by Gasteiger charge is -2.32. The van der Waals surface area contributed by atoms with Crippen molar-refractivity contribution < 1.29 is 9.59 Å². The molecule has 1 aliphatic rings. The third-order valence-electron chi connectivity index (χ3n) is 3.85. The Bertz CT molecular complexity index is 453. The molecule has 1 aromatic heterocycles. The quantitative estimate of drug-likeness (QED) is 0.878. The predicted octanol–water partition coefficient (Wildman–Crippen LogP) is 0.668. The molecule has 1 aliphatic carbocycles. The lowest BCUT2D eigenvalue weighted by atomic mass is 9.94. The van der Waals surface area contributed by atoms with E-state index in [1.165, 1.54) is 30.5 Å². The first-order chi connectivity index (χ1) is 9.59. The Hall–Kier alpha value is -1.92. The number of likely N-dealkylation sites (N-methyl/N-ethyl adjacent to an activating group) is 2. The Labute approximate surface area is 118 Å². The SMILES string of the molecule is CN(CC(=O)N(C)C1CCCCC1)C(=O)c1ncn[nH]1. The topological polar surface area (TPSA) is 82.2 Å². The molecular weight excluding hydrogens is 258 g/mol. The van der Waals surface area contributed by atoms with Crippen LogP contribution in [0.3, 0.4) is 0 Å². The highest BCUT2D eigenvalue weighted by molar-refractivity contribution is 5.93. The largest absolute Gasteiger partial charge is 0.341 e. The van der Waals surface area contributed by atoms with Gasteiger partial charge in [-0.25, -0.2) is 4.98 Å². The molecule has 110 valence electrons. The fraction of sp³-hybridized carbons (Fsp3) is 0.692. The fourth-order valence-electron chi connectivity index (χ4n) is 2.55. The maximum atomic E-state index is 12.2. The van der Waals surface area contributed by atoms with Crippen molar-refractivity contribution in [2.75, 3.05) is 20.6 Å². The van der Waals surface area contributed by atoms with Crippen LogP contribution in [0.25, 0.3) is 0 Å². The number of carbonyl (C=O) groups is 2. The van der Waals surface area contributed by atoms with E-state index in [-0.39, 0.29) is 24.2 Å². The molecular formula is C13H21N5O2. The van der Waals surface area contributed by atoms with Crippen molar-refractivity contribution in [1.29, 1.82) is 0 Å². The van der Waals surface area contributed by atoms with Gasteiger partial charge >= 0.3 is 0 Å². The molecule has 7 nitrogen and oxygen atoms in total. The van der Waals surface area contributed by atoms with Gasteiger partial charge in [0.25, 0.3) is 5.91 Å². The van der Waals surface area contributed by atoms with Gasteiger partial charge in [-0.1, -0.05) is 19.3 Å². The summed E-state index contributed by atoms with van der Waals surface area (Å²) < 4.78 is 0. The van der Waals surface area contributed by atoms with Crippen LogP contribution in [-0.2, 0) is 4.79 Å². The molecule has 0 aliphatic heterocycles. The van der Waals surface area contributed by atoms with Gasteiger partial charge in [0, 0.05) is 20.1 Å². The van der Waals surface area contributed by atoms with Crippen molar-refractivity contribution in [3.05, 3.63) is 12.2 Å². The number of nitrogens with one attached hydrogen (secondary N) is 1. The molecule has 2 rings (SSSR count). The molecule has 0 bridgehead atoms. The molecule has 2 amide bonds. The zero-order chi connectivity index (χ0) is 14.5. The molecule has 1 aromatic rings. The van der Waals surface area contributed by atoms with Crippen LogP contribution >= 0.6 is 0 Å². The van der Waals surface area contributed by atoms with Gasteiger partial charge in [0.05, 0.1) is 6.54 Å². The summed E-state index contributed by atoms with van der Waals surface area (Å²) in [6, 6.07) is 0.310. The smallest absolute Gasteiger partial charge is 0.291 e. The van der Waals surface area contributed by atoms with Crippen molar-refractivity contribution in [3.8, 4) is 0 Å². The number of aromatic amines is 1. The Morgan fingerprint density at radius 2 is 2.00 bits per heavy atom. The molecule has 0 aromatic carbocycles. The first kappa shape index (κ1) is 14.5. The Balaban J connectivity index is 1.88. The van der Waals surface area contributed by atoms with Gasteiger partial charge in [0.15, 0.2) is 0 Å². The average Bonchev–Trinajstić information content (AvgIpc) is 3.00. The molecule has 1 fully saturated rings. The molecule has 1 N–H and O–H groups in total. The van der Waals surface area contributed by atoms with Gasteiger partial charge in [-0.3, -0.25) is 14.7 Å². The zero-order valence-corrected chi connectivity index (χ0v) is 12.0. The van der Waals surface area contributed by atoms with E-state index in [0.717, 1.165) is 12.8 Å². The molecule has 1 heterocycles. The van der Waals surface area contributed by atoms with Crippen LogP contribution in [0.15, 0.2) is 6.33 Å². The van der Waals surface area contributed by atoms with Crippen LogP contribution in [0, 0.1) is 0 Å². The Kier molecular flexibility index (Phi) is 4.70. The second-order valence-corrected chi connectivity index (χ2v) is 5.29. The van der Waals surface area contributed by atoms with Gasteiger partial charge in [0.1, 0.15) is 6.33 Å². The monoisotopic (exact) mass is 279 g/mol. The number of carbonyl (C=O) groups excluding carboxylic acids is 2. The van der Waals surface area contributed by atoms with Crippen LogP contribution in [0.2, 0.25) is 0 Å². The first-order valence-corrected chi connectivity index (χ1v) is 6.96. The van der Waals surface area contributed by atoms with Gasteiger partial charge in [0.2, 0.25) is 11.7 Å². The predicted molar refractivity (Wildman–Crippen MR) is 73.0 cm³/mol. The van der Waals surface area contributed by atoms with Crippen molar-refractivity contribution in [3.63, 3.8) is 0 Å². The molecule has 0 atom stereocenters. The van der Waals surface area contributed by atoms with Crippen LogP contribution < -0.4 is 0 Å². The maximum Gasteiger partial charge on any atom is 0.291 e. The Morgan fingerprint density at radius 3 is 2.60 bits per heavy atom. The van der Waals surface area contributed by atoms with Crippen molar-refractivity contribution in [2.24, 2.45) is 0 Å². The van der Waals surface area contributed by atoms with Crippen LogP contribution in [0.4, 0.5) is 0 Å². The van der Waals surface area contributed by atoms with E-state index in [1.807, 2.05) is 7.05 Å². The molecule has 0 spiro atoms. The maximum absolute atomic E-state index is 12.2. The second-order valence-electron chi connectivity index (χ2n) is 5.29. The third-order valence-corrected chi connectivity index (χ3v) is 3.85. The van der Waals surface area contributed by atoms with Gasteiger partial charge in [-0.05, 0) is 12.8 Å². The summed E-state index contributed by atoms with van der Waals surface area (Å²) in [5.74, 6) is -0.208. The summed E-state index contributed by atoms with van der Waals surface area (Å²) >= 11 is 0. The van der Waals surface area contributed by atoms with Gasteiger partial charge in [-0.2, -0.15) is 5.10 Å². The normalized spacial score (nSPS) is 15.9. The van der Waals surface area contributed by atoms with Crippen LogP contribution in [0.5, 0.6) is 0 Å². The fourth-order valence-corrected chi connectivity index (χ4v) is 2.55. The summed E-state index contributed by atoms with van der Waals surface area (Å²) in [6.45, 7) is 0.0620. The molecule has 7 heteroatoms. The zero-order valence-electron chi connectivity index (χ0n) is 12.0. The lowest BCUT2D eigenvalue weighted by molar-refractivity contribution is -0.133. The number of nitrogens with zero attached hydrogens (tertiary/aromatic N) is 4. The minimum absolute atomic E-state index is 0.0349. The number of hydrogen-bond acceptors (Lipinski definition) is 4. The minimum Gasteiger partial charge on any atom is -0.341 e. The second kappa shape index (κ2) is 6.49. The summed E-state index contributed by atoms with van der Waals surface area (Å²) in [7, 11) is 3.42. The number of rotatable bonds is 4. The third kappa shape index (κ3) is 3.34. The van der Waals surface area contributed by atoms with Crippen molar-refractivity contribution >= 4 is 11.8 Å². The first-order valence-electron chi connectivity index (χ1n) is 6.96. The number of H-pyrrole nitrogens is 1. The molecule has 0 saturated heterocycles. The summed E-state index contributed by atoms with van der Waals surface area (Å²) in [4.78, 5) is 31.1. The number of amides is 2. The minimum atomic E-state index is -0.326. The highest BCUT2D eigenvalue weighted by Gasteiger charge is 2.24.